The predicted molar refractivity (Wildman–Crippen MR) is 79.6 cm³/mol. The Bertz CT molecular complexity index is 565. The summed E-state index contributed by atoms with van der Waals surface area (Å²) in [6.07, 6.45) is 0. The molecule has 0 aliphatic carbocycles. The lowest BCUT2D eigenvalue weighted by Crippen LogP contribution is -2.17. The molecule has 0 spiro atoms. The van der Waals surface area contributed by atoms with Gasteiger partial charge in [-0.25, -0.2) is 4.98 Å². The van der Waals surface area contributed by atoms with Crippen LogP contribution in [0.5, 0.6) is 0 Å². The maximum absolute atomic E-state index is 6.07. The molecule has 2 aromatic rings. The van der Waals surface area contributed by atoms with E-state index in [-0.39, 0.29) is 0 Å². The van der Waals surface area contributed by atoms with Gasteiger partial charge in [0.05, 0.1) is 28.0 Å². The standard InChI is InChI=1S/C13H16ClN3S/c1-8-4-12(15)11(14)5-13(8)17(3)6-10-7-18-9(2)16-10/h4-5,7H,6,15H2,1-3H3. The Balaban J connectivity index is 2.23. The van der Waals surface area contributed by atoms with Gasteiger partial charge in [-0.05, 0) is 31.5 Å². The van der Waals surface area contributed by atoms with Gasteiger partial charge in [-0.2, -0.15) is 0 Å². The van der Waals surface area contributed by atoms with Crippen LogP contribution in [0.4, 0.5) is 11.4 Å². The van der Waals surface area contributed by atoms with Crippen molar-refractivity contribution in [3.05, 3.63) is 38.8 Å². The zero-order valence-electron chi connectivity index (χ0n) is 10.7. The van der Waals surface area contributed by atoms with E-state index in [2.05, 4.69) is 15.3 Å². The molecule has 2 rings (SSSR count). The van der Waals surface area contributed by atoms with Crippen LogP contribution >= 0.6 is 22.9 Å². The molecular weight excluding hydrogens is 266 g/mol. The van der Waals surface area contributed by atoms with Crippen LogP contribution in [0.25, 0.3) is 0 Å². The molecule has 0 atom stereocenters. The molecule has 2 N–H and O–H groups in total. The van der Waals surface area contributed by atoms with Crippen molar-refractivity contribution in [2.45, 2.75) is 20.4 Å². The molecule has 0 unspecified atom stereocenters. The van der Waals surface area contributed by atoms with Gasteiger partial charge in [0.2, 0.25) is 0 Å². The Morgan fingerprint density at radius 2 is 2.11 bits per heavy atom. The normalized spacial score (nSPS) is 10.7. The average Bonchev–Trinajstić information content (AvgIpc) is 2.69. The van der Waals surface area contributed by atoms with Gasteiger partial charge in [-0.3, -0.25) is 0 Å². The van der Waals surface area contributed by atoms with Crippen molar-refractivity contribution < 1.29 is 0 Å². The molecule has 0 aliphatic rings. The topological polar surface area (TPSA) is 42.2 Å². The zero-order valence-corrected chi connectivity index (χ0v) is 12.3. The summed E-state index contributed by atoms with van der Waals surface area (Å²) in [4.78, 5) is 6.60. The Morgan fingerprint density at radius 1 is 1.39 bits per heavy atom. The van der Waals surface area contributed by atoms with Crippen LogP contribution < -0.4 is 10.6 Å². The van der Waals surface area contributed by atoms with Crippen molar-refractivity contribution in [3.8, 4) is 0 Å². The number of rotatable bonds is 3. The molecular formula is C13H16ClN3S. The monoisotopic (exact) mass is 281 g/mol. The number of hydrogen-bond acceptors (Lipinski definition) is 4. The number of aryl methyl sites for hydroxylation is 2. The molecule has 0 fully saturated rings. The Kier molecular flexibility index (Phi) is 3.78. The lowest BCUT2D eigenvalue weighted by molar-refractivity contribution is 0.886. The van der Waals surface area contributed by atoms with E-state index in [0.29, 0.717) is 10.7 Å². The first-order chi connectivity index (χ1) is 8.47. The molecule has 0 saturated carbocycles. The maximum atomic E-state index is 6.07. The molecule has 3 nitrogen and oxygen atoms in total. The van der Waals surface area contributed by atoms with Crippen molar-refractivity contribution in [3.63, 3.8) is 0 Å². The van der Waals surface area contributed by atoms with E-state index in [1.807, 2.05) is 33.0 Å². The van der Waals surface area contributed by atoms with Gasteiger partial charge in [0.1, 0.15) is 0 Å². The van der Waals surface area contributed by atoms with Gasteiger partial charge in [0.25, 0.3) is 0 Å². The third kappa shape index (κ3) is 2.76. The van der Waals surface area contributed by atoms with Crippen LogP contribution in [0, 0.1) is 13.8 Å². The quantitative estimate of drug-likeness (QED) is 0.874. The molecule has 18 heavy (non-hydrogen) atoms. The molecule has 0 saturated heterocycles. The third-order valence-corrected chi connectivity index (χ3v) is 3.94. The number of thiazole rings is 1. The van der Waals surface area contributed by atoms with Crippen LogP contribution in [-0.4, -0.2) is 12.0 Å². The average molecular weight is 282 g/mol. The number of nitrogens with zero attached hydrogens (tertiary/aromatic N) is 2. The first kappa shape index (κ1) is 13.2. The SMILES string of the molecule is Cc1nc(CN(C)c2cc(Cl)c(N)cc2C)cs1. The highest BCUT2D eigenvalue weighted by Crippen LogP contribution is 2.29. The van der Waals surface area contributed by atoms with E-state index in [1.165, 1.54) is 0 Å². The van der Waals surface area contributed by atoms with Crippen molar-refractivity contribution in [2.24, 2.45) is 0 Å². The number of aromatic nitrogens is 1. The highest BCUT2D eigenvalue weighted by Gasteiger charge is 2.10. The summed E-state index contributed by atoms with van der Waals surface area (Å²) in [6, 6.07) is 3.81. The molecule has 0 radical (unpaired) electrons. The number of anilines is 2. The summed E-state index contributed by atoms with van der Waals surface area (Å²) in [5.41, 5.74) is 9.68. The van der Waals surface area contributed by atoms with Crippen LogP contribution in [0.3, 0.4) is 0 Å². The molecule has 5 heteroatoms. The van der Waals surface area contributed by atoms with Gasteiger partial charge < -0.3 is 10.6 Å². The first-order valence-electron chi connectivity index (χ1n) is 5.65. The van der Waals surface area contributed by atoms with E-state index in [4.69, 9.17) is 17.3 Å². The van der Waals surface area contributed by atoms with E-state index >= 15 is 0 Å². The van der Waals surface area contributed by atoms with Gasteiger partial charge >= 0.3 is 0 Å². The minimum atomic E-state index is 0.594. The fourth-order valence-electron chi connectivity index (χ4n) is 1.91. The summed E-state index contributed by atoms with van der Waals surface area (Å²) in [5.74, 6) is 0. The fraction of sp³-hybridized carbons (Fsp3) is 0.308. The summed E-state index contributed by atoms with van der Waals surface area (Å²) >= 11 is 7.74. The number of nitrogens with two attached hydrogens (primary N) is 1. The van der Waals surface area contributed by atoms with Crippen molar-refractivity contribution >= 4 is 34.3 Å². The summed E-state index contributed by atoms with van der Waals surface area (Å²) in [5, 5.41) is 3.77. The Morgan fingerprint density at radius 3 is 2.72 bits per heavy atom. The Labute approximate surface area is 116 Å². The van der Waals surface area contributed by atoms with Gasteiger partial charge in [0, 0.05) is 18.1 Å². The molecule has 0 aliphatic heterocycles. The summed E-state index contributed by atoms with van der Waals surface area (Å²) in [6.45, 7) is 4.82. The predicted octanol–water partition coefficient (Wildman–Crippen LogP) is 3.63. The van der Waals surface area contributed by atoms with Crippen molar-refractivity contribution in [1.29, 1.82) is 0 Å². The van der Waals surface area contributed by atoms with Gasteiger partial charge in [-0.1, -0.05) is 11.6 Å². The van der Waals surface area contributed by atoms with Crippen molar-refractivity contribution in [1.82, 2.24) is 4.98 Å². The number of hydrogen-bond donors (Lipinski definition) is 1. The second-order valence-corrected chi connectivity index (χ2v) is 5.84. The number of benzene rings is 1. The molecule has 1 aromatic carbocycles. The lowest BCUT2D eigenvalue weighted by atomic mass is 10.1. The minimum absolute atomic E-state index is 0.594. The third-order valence-electron chi connectivity index (χ3n) is 2.79. The van der Waals surface area contributed by atoms with E-state index in [1.54, 1.807) is 11.3 Å². The molecule has 0 bridgehead atoms. The molecule has 0 amide bonds. The summed E-state index contributed by atoms with van der Waals surface area (Å²) < 4.78 is 0. The highest BCUT2D eigenvalue weighted by atomic mass is 35.5. The Hall–Kier alpha value is -1.26. The van der Waals surface area contributed by atoms with Gasteiger partial charge in [-0.15, -0.1) is 11.3 Å². The van der Waals surface area contributed by atoms with Crippen molar-refractivity contribution in [2.75, 3.05) is 17.7 Å². The lowest BCUT2D eigenvalue weighted by Gasteiger charge is -2.21. The van der Waals surface area contributed by atoms with E-state index in [9.17, 15) is 0 Å². The first-order valence-corrected chi connectivity index (χ1v) is 6.91. The highest BCUT2D eigenvalue weighted by molar-refractivity contribution is 7.09. The maximum Gasteiger partial charge on any atom is 0.0898 e. The van der Waals surface area contributed by atoms with Crippen LogP contribution in [0.15, 0.2) is 17.5 Å². The number of nitrogen functional groups attached to an aromatic ring is 1. The second-order valence-electron chi connectivity index (χ2n) is 4.37. The number of halogens is 1. The molecule has 96 valence electrons. The molecule has 1 heterocycles. The van der Waals surface area contributed by atoms with Crippen LogP contribution in [0.2, 0.25) is 5.02 Å². The second kappa shape index (κ2) is 5.16. The summed E-state index contributed by atoms with van der Waals surface area (Å²) in [7, 11) is 2.03. The zero-order chi connectivity index (χ0) is 13.3. The van der Waals surface area contributed by atoms with Crippen LogP contribution in [0.1, 0.15) is 16.3 Å². The molecule has 1 aromatic heterocycles. The largest absolute Gasteiger partial charge is 0.398 e. The van der Waals surface area contributed by atoms with Crippen LogP contribution in [-0.2, 0) is 6.54 Å². The van der Waals surface area contributed by atoms with Gasteiger partial charge in [0.15, 0.2) is 0 Å². The minimum Gasteiger partial charge on any atom is -0.398 e. The fourth-order valence-corrected chi connectivity index (χ4v) is 2.68. The van der Waals surface area contributed by atoms with E-state index < -0.39 is 0 Å². The van der Waals surface area contributed by atoms with E-state index in [0.717, 1.165) is 28.5 Å². The smallest absolute Gasteiger partial charge is 0.0898 e.